The number of halogens is 2. The minimum absolute atomic E-state index is 0.160. The second-order valence-electron chi connectivity index (χ2n) is 4.95. The minimum atomic E-state index is -0.964. The van der Waals surface area contributed by atoms with E-state index in [2.05, 4.69) is 15.3 Å². The first-order valence-corrected chi connectivity index (χ1v) is 7.04. The Morgan fingerprint density at radius 2 is 1.83 bits per heavy atom. The summed E-state index contributed by atoms with van der Waals surface area (Å²) in [6.07, 6.45) is 2.79. The molecule has 0 atom stereocenters. The molecule has 1 saturated heterocycles. The van der Waals surface area contributed by atoms with Crippen molar-refractivity contribution in [3.05, 3.63) is 47.8 Å². The number of carbonyl (C=O) groups excluding carboxylic acids is 1. The van der Waals surface area contributed by atoms with E-state index in [0.717, 1.165) is 12.1 Å². The van der Waals surface area contributed by atoms with Gasteiger partial charge in [0.15, 0.2) is 11.6 Å². The quantitative estimate of drug-likeness (QED) is 0.936. The van der Waals surface area contributed by atoms with Gasteiger partial charge in [0.2, 0.25) is 5.95 Å². The van der Waals surface area contributed by atoms with Gasteiger partial charge in [0.05, 0.1) is 18.8 Å². The number of hydrogen-bond donors (Lipinski definition) is 1. The monoisotopic (exact) mass is 320 g/mol. The van der Waals surface area contributed by atoms with Gasteiger partial charge in [0.1, 0.15) is 0 Å². The Morgan fingerprint density at radius 1 is 1.13 bits per heavy atom. The zero-order valence-electron chi connectivity index (χ0n) is 12.1. The van der Waals surface area contributed by atoms with Gasteiger partial charge < -0.3 is 15.0 Å². The van der Waals surface area contributed by atoms with Crippen LogP contribution in [-0.2, 0) is 4.74 Å². The standard InChI is InChI=1S/C15H14F2N4O2/c16-12-2-1-11(7-13(12)17)20-15-18-8-10(9-19-15)14(22)21-3-5-23-6-4-21/h1-2,7-9H,3-6H2,(H,18,19,20). The van der Waals surface area contributed by atoms with Crippen molar-refractivity contribution in [2.75, 3.05) is 31.6 Å². The highest BCUT2D eigenvalue weighted by molar-refractivity contribution is 5.93. The molecule has 2 aromatic rings. The fourth-order valence-electron chi connectivity index (χ4n) is 2.16. The van der Waals surface area contributed by atoms with Crippen LogP contribution in [0.5, 0.6) is 0 Å². The molecule has 8 heteroatoms. The molecule has 1 aromatic heterocycles. The van der Waals surface area contributed by atoms with Crippen LogP contribution in [0.2, 0.25) is 0 Å². The third-order valence-corrected chi connectivity index (χ3v) is 3.37. The van der Waals surface area contributed by atoms with E-state index < -0.39 is 11.6 Å². The van der Waals surface area contributed by atoms with E-state index in [-0.39, 0.29) is 11.9 Å². The van der Waals surface area contributed by atoms with Crippen LogP contribution in [0, 0.1) is 11.6 Å². The average Bonchev–Trinajstić information content (AvgIpc) is 2.59. The SMILES string of the molecule is O=C(c1cnc(Nc2ccc(F)c(F)c2)nc1)N1CCOCC1. The second kappa shape index (κ2) is 6.66. The Morgan fingerprint density at radius 3 is 2.48 bits per heavy atom. The lowest BCUT2D eigenvalue weighted by molar-refractivity contribution is 0.0302. The first-order chi connectivity index (χ1) is 11.1. The third-order valence-electron chi connectivity index (χ3n) is 3.37. The number of hydrogen-bond acceptors (Lipinski definition) is 5. The summed E-state index contributed by atoms with van der Waals surface area (Å²) in [4.78, 5) is 22.0. The molecule has 1 N–H and O–H groups in total. The Labute approximate surface area is 131 Å². The maximum absolute atomic E-state index is 13.1. The van der Waals surface area contributed by atoms with Gasteiger partial charge in [-0.3, -0.25) is 4.79 Å². The maximum Gasteiger partial charge on any atom is 0.257 e. The number of ether oxygens (including phenoxy) is 1. The smallest absolute Gasteiger partial charge is 0.257 e. The molecule has 0 aliphatic carbocycles. The number of nitrogens with zero attached hydrogens (tertiary/aromatic N) is 3. The van der Waals surface area contributed by atoms with E-state index in [1.807, 2.05) is 0 Å². The Balaban J connectivity index is 1.68. The van der Waals surface area contributed by atoms with Crippen LogP contribution in [0.15, 0.2) is 30.6 Å². The first kappa shape index (κ1) is 15.3. The molecule has 120 valence electrons. The fraction of sp³-hybridized carbons (Fsp3) is 0.267. The molecule has 3 rings (SSSR count). The molecule has 0 radical (unpaired) electrons. The van der Waals surface area contributed by atoms with E-state index >= 15 is 0 Å². The van der Waals surface area contributed by atoms with Crippen molar-refractivity contribution in [2.24, 2.45) is 0 Å². The number of benzene rings is 1. The molecule has 0 unspecified atom stereocenters. The lowest BCUT2D eigenvalue weighted by Gasteiger charge is -2.26. The highest BCUT2D eigenvalue weighted by atomic mass is 19.2. The lowest BCUT2D eigenvalue weighted by atomic mass is 10.2. The Hall–Kier alpha value is -2.61. The molecule has 0 bridgehead atoms. The van der Waals surface area contributed by atoms with Gasteiger partial charge >= 0.3 is 0 Å². The lowest BCUT2D eigenvalue weighted by Crippen LogP contribution is -2.40. The Bertz CT molecular complexity index is 703. The summed E-state index contributed by atoms with van der Waals surface area (Å²) in [5, 5.41) is 2.74. The van der Waals surface area contributed by atoms with E-state index in [9.17, 15) is 13.6 Å². The van der Waals surface area contributed by atoms with Crippen molar-refractivity contribution in [1.82, 2.24) is 14.9 Å². The van der Waals surface area contributed by atoms with Gasteiger partial charge in [-0.1, -0.05) is 0 Å². The van der Waals surface area contributed by atoms with Crippen LogP contribution < -0.4 is 5.32 Å². The van der Waals surface area contributed by atoms with Crippen LogP contribution in [-0.4, -0.2) is 47.1 Å². The first-order valence-electron chi connectivity index (χ1n) is 7.04. The van der Waals surface area contributed by atoms with Gasteiger partial charge in [-0.15, -0.1) is 0 Å². The number of morpholine rings is 1. The van der Waals surface area contributed by atoms with Crippen molar-refractivity contribution in [3.63, 3.8) is 0 Å². The van der Waals surface area contributed by atoms with Gasteiger partial charge in [0, 0.05) is 37.2 Å². The summed E-state index contributed by atoms with van der Waals surface area (Å²) in [6.45, 7) is 2.10. The van der Waals surface area contributed by atoms with Gasteiger partial charge in [-0.25, -0.2) is 18.7 Å². The molecular formula is C15H14F2N4O2. The van der Waals surface area contributed by atoms with E-state index in [4.69, 9.17) is 4.74 Å². The predicted octanol–water partition coefficient (Wildman–Crippen LogP) is 1.97. The van der Waals surface area contributed by atoms with Gasteiger partial charge in [-0.2, -0.15) is 0 Å². The van der Waals surface area contributed by atoms with Gasteiger partial charge in [-0.05, 0) is 12.1 Å². The number of aromatic nitrogens is 2. The number of amides is 1. The van der Waals surface area contributed by atoms with E-state index in [1.54, 1.807) is 4.90 Å². The van der Waals surface area contributed by atoms with Crippen molar-refractivity contribution in [3.8, 4) is 0 Å². The highest BCUT2D eigenvalue weighted by Crippen LogP contribution is 2.16. The van der Waals surface area contributed by atoms with Crippen LogP contribution in [0.4, 0.5) is 20.4 Å². The number of nitrogens with one attached hydrogen (secondary N) is 1. The summed E-state index contributed by atoms with van der Waals surface area (Å²) < 4.78 is 31.2. The van der Waals surface area contributed by atoms with E-state index in [0.29, 0.717) is 37.6 Å². The summed E-state index contributed by atoms with van der Waals surface area (Å²) in [7, 11) is 0. The molecule has 1 aliphatic rings. The number of rotatable bonds is 3. The molecule has 0 saturated carbocycles. The van der Waals surface area contributed by atoms with Gasteiger partial charge in [0.25, 0.3) is 5.91 Å². The molecule has 0 spiro atoms. The van der Waals surface area contributed by atoms with Crippen LogP contribution in [0.25, 0.3) is 0 Å². The second-order valence-corrected chi connectivity index (χ2v) is 4.95. The average molecular weight is 320 g/mol. The van der Waals surface area contributed by atoms with Crippen molar-refractivity contribution >= 4 is 17.5 Å². The summed E-state index contributed by atoms with van der Waals surface area (Å²) in [5.41, 5.74) is 0.680. The summed E-state index contributed by atoms with van der Waals surface area (Å²) in [6, 6.07) is 3.38. The molecule has 6 nitrogen and oxygen atoms in total. The molecular weight excluding hydrogens is 306 g/mol. The fourth-order valence-corrected chi connectivity index (χ4v) is 2.16. The highest BCUT2D eigenvalue weighted by Gasteiger charge is 2.19. The molecule has 1 aromatic carbocycles. The molecule has 2 heterocycles. The maximum atomic E-state index is 13.1. The van der Waals surface area contributed by atoms with E-state index in [1.165, 1.54) is 18.5 Å². The largest absolute Gasteiger partial charge is 0.378 e. The van der Waals surface area contributed by atoms with Crippen LogP contribution in [0.1, 0.15) is 10.4 Å². The predicted molar refractivity (Wildman–Crippen MR) is 78.4 cm³/mol. The molecule has 23 heavy (non-hydrogen) atoms. The van der Waals surface area contributed by atoms with Crippen LogP contribution in [0.3, 0.4) is 0 Å². The van der Waals surface area contributed by atoms with Crippen LogP contribution >= 0.6 is 0 Å². The zero-order chi connectivity index (χ0) is 16.2. The van der Waals surface area contributed by atoms with Crippen molar-refractivity contribution in [1.29, 1.82) is 0 Å². The Kier molecular flexibility index (Phi) is 4.42. The van der Waals surface area contributed by atoms with Crippen molar-refractivity contribution < 1.29 is 18.3 Å². The number of carbonyl (C=O) groups is 1. The molecule has 1 fully saturated rings. The minimum Gasteiger partial charge on any atom is -0.378 e. The third kappa shape index (κ3) is 3.59. The summed E-state index contributed by atoms with van der Waals surface area (Å²) in [5.74, 6) is -1.86. The van der Waals surface area contributed by atoms with Crippen molar-refractivity contribution in [2.45, 2.75) is 0 Å². The molecule has 1 amide bonds. The number of anilines is 2. The molecule has 1 aliphatic heterocycles. The topological polar surface area (TPSA) is 67.4 Å². The normalized spacial score (nSPS) is 14.6. The summed E-state index contributed by atoms with van der Waals surface area (Å²) >= 11 is 0. The zero-order valence-corrected chi connectivity index (χ0v) is 12.1.